The average Bonchev–Trinajstić information content (AvgIpc) is 3.05. The minimum absolute atomic E-state index is 0.307. The number of hydrogen-bond acceptors (Lipinski definition) is 3. The molecule has 1 aliphatic carbocycles. The van der Waals surface area contributed by atoms with Crippen molar-refractivity contribution in [3.05, 3.63) is 16.5 Å². The first kappa shape index (κ1) is 12.6. The molecule has 1 heterocycles. The molecule has 0 N–H and O–H groups in total. The molecule has 1 aromatic heterocycles. The smallest absolute Gasteiger partial charge is 0.137 e. The second-order valence-corrected chi connectivity index (χ2v) is 5.66. The maximum absolute atomic E-state index is 6.18. The maximum Gasteiger partial charge on any atom is 0.137 e. The van der Waals surface area contributed by atoms with E-state index in [0.29, 0.717) is 11.1 Å². The zero-order valence-corrected chi connectivity index (χ0v) is 11.8. The Morgan fingerprint density at radius 2 is 2.00 bits per heavy atom. The molecule has 0 bridgehead atoms. The molecule has 0 radical (unpaired) electrons. The summed E-state index contributed by atoms with van der Waals surface area (Å²) in [5, 5.41) is 0.585. The van der Waals surface area contributed by atoms with Gasteiger partial charge in [0.25, 0.3) is 0 Å². The fourth-order valence-electron chi connectivity index (χ4n) is 1.90. The number of hydrogen-bond donors (Lipinski definition) is 0. The second-order valence-electron chi connectivity index (χ2n) is 5.30. The Balaban J connectivity index is 2.29. The largest absolute Gasteiger partial charge is 0.359 e. The van der Waals surface area contributed by atoms with E-state index in [1.165, 1.54) is 12.8 Å². The van der Waals surface area contributed by atoms with Crippen LogP contribution in [-0.2, 0) is 0 Å². The fraction of sp³-hybridized carbons (Fsp3) is 0.692. The number of nitrogens with zero attached hydrogens (tertiary/aromatic N) is 3. The third-order valence-electron chi connectivity index (χ3n) is 3.18. The van der Waals surface area contributed by atoms with Crippen LogP contribution in [0.3, 0.4) is 0 Å². The first-order chi connectivity index (χ1) is 7.99. The molecule has 1 aromatic rings. The predicted molar refractivity (Wildman–Crippen MR) is 71.9 cm³/mol. The Morgan fingerprint density at radius 1 is 1.35 bits per heavy atom. The molecule has 0 aliphatic heterocycles. The molecule has 0 aromatic carbocycles. The topological polar surface area (TPSA) is 29.0 Å². The molecule has 4 heteroatoms. The molecule has 0 saturated heterocycles. The highest BCUT2D eigenvalue weighted by molar-refractivity contribution is 6.30. The normalized spacial score (nSPS) is 15.4. The monoisotopic (exact) mass is 253 g/mol. The van der Waals surface area contributed by atoms with Gasteiger partial charge in [-0.25, -0.2) is 9.97 Å². The average molecular weight is 254 g/mol. The van der Waals surface area contributed by atoms with Gasteiger partial charge < -0.3 is 4.90 Å². The van der Waals surface area contributed by atoms with Crippen LogP contribution in [0.15, 0.2) is 0 Å². The van der Waals surface area contributed by atoms with Gasteiger partial charge in [0.2, 0.25) is 0 Å². The van der Waals surface area contributed by atoms with E-state index in [2.05, 4.69) is 35.8 Å². The van der Waals surface area contributed by atoms with Gasteiger partial charge in [-0.05, 0) is 25.7 Å². The molecule has 17 heavy (non-hydrogen) atoms. The molecule has 1 fully saturated rings. The quantitative estimate of drug-likeness (QED) is 0.770. The van der Waals surface area contributed by atoms with Crippen LogP contribution in [0, 0.1) is 12.8 Å². The molecule has 94 valence electrons. The molecule has 3 nitrogen and oxygen atoms in total. The van der Waals surface area contributed by atoms with Gasteiger partial charge >= 0.3 is 0 Å². The van der Waals surface area contributed by atoms with Crippen LogP contribution in [0.25, 0.3) is 0 Å². The number of aromatic nitrogens is 2. The van der Waals surface area contributed by atoms with Gasteiger partial charge in [-0.1, -0.05) is 25.4 Å². The van der Waals surface area contributed by atoms with Crippen LogP contribution in [0.2, 0.25) is 5.15 Å². The minimum Gasteiger partial charge on any atom is -0.359 e. The van der Waals surface area contributed by atoms with Crippen LogP contribution in [0.4, 0.5) is 5.82 Å². The number of halogens is 1. The lowest BCUT2D eigenvalue weighted by atomic mass is 10.2. The summed E-state index contributed by atoms with van der Waals surface area (Å²) >= 11 is 6.18. The van der Waals surface area contributed by atoms with E-state index in [-0.39, 0.29) is 0 Å². The van der Waals surface area contributed by atoms with E-state index >= 15 is 0 Å². The van der Waals surface area contributed by atoms with Crippen LogP contribution < -0.4 is 4.90 Å². The summed E-state index contributed by atoms with van der Waals surface area (Å²) in [6.45, 7) is 7.24. The lowest BCUT2D eigenvalue weighted by molar-refractivity contribution is 0.737. The van der Waals surface area contributed by atoms with E-state index < -0.39 is 0 Å². The van der Waals surface area contributed by atoms with Gasteiger partial charge in [0.15, 0.2) is 0 Å². The Labute approximate surface area is 108 Å². The lowest BCUT2D eigenvalue weighted by Gasteiger charge is -2.21. The van der Waals surface area contributed by atoms with Crippen molar-refractivity contribution in [3.63, 3.8) is 0 Å². The second kappa shape index (κ2) is 4.81. The first-order valence-electron chi connectivity index (χ1n) is 6.24. The molecular weight excluding hydrogens is 234 g/mol. The van der Waals surface area contributed by atoms with Crippen molar-refractivity contribution in [3.8, 4) is 0 Å². The Hall–Kier alpha value is -0.830. The first-order valence-corrected chi connectivity index (χ1v) is 6.62. The fourth-order valence-corrected chi connectivity index (χ4v) is 2.07. The van der Waals surface area contributed by atoms with E-state index in [0.717, 1.165) is 29.7 Å². The summed E-state index contributed by atoms with van der Waals surface area (Å²) in [7, 11) is 2.09. The lowest BCUT2D eigenvalue weighted by Crippen LogP contribution is -2.23. The standard InChI is InChI=1S/C13H20ClN3/c1-8(2)12-15-11(14)9(3)13(16-12)17(4)7-10-5-6-10/h8,10H,5-7H2,1-4H3. The molecule has 0 unspecified atom stereocenters. The van der Waals surface area contributed by atoms with Crippen molar-refractivity contribution in [1.82, 2.24) is 9.97 Å². The van der Waals surface area contributed by atoms with Crippen LogP contribution in [-0.4, -0.2) is 23.6 Å². The minimum atomic E-state index is 0.307. The van der Waals surface area contributed by atoms with E-state index in [1.807, 2.05) is 6.92 Å². The van der Waals surface area contributed by atoms with E-state index in [9.17, 15) is 0 Å². The highest BCUT2D eigenvalue weighted by Gasteiger charge is 2.24. The summed E-state index contributed by atoms with van der Waals surface area (Å²) in [5.41, 5.74) is 0.985. The molecule has 0 atom stereocenters. The molecule has 1 saturated carbocycles. The van der Waals surface area contributed by atoms with Gasteiger partial charge in [0, 0.05) is 25.1 Å². The number of rotatable bonds is 4. The summed E-state index contributed by atoms with van der Waals surface area (Å²) in [4.78, 5) is 11.2. The molecular formula is C13H20ClN3. The third kappa shape index (κ3) is 2.89. The highest BCUT2D eigenvalue weighted by Crippen LogP contribution is 2.32. The predicted octanol–water partition coefficient (Wildman–Crippen LogP) is 3.41. The zero-order chi connectivity index (χ0) is 12.6. The van der Waals surface area contributed by atoms with Gasteiger partial charge in [0.05, 0.1) is 0 Å². The summed E-state index contributed by atoms with van der Waals surface area (Å²) < 4.78 is 0. The SMILES string of the molecule is Cc1c(Cl)nc(C(C)C)nc1N(C)CC1CC1. The Bertz CT molecular complexity index is 413. The summed E-state index contributed by atoms with van der Waals surface area (Å²) in [5.74, 6) is 2.97. The molecule has 0 amide bonds. The molecule has 2 rings (SSSR count). The Morgan fingerprint density at radius 3 is 2.53 bits per heavy atom. The van der Waals surface area contributed by atoms with Gasteiger partial charge in [-0.2, -0.15) is 0 Å². The van der Waals surface area contributed by atoms with E-state index in [1.54, 1.807) is 0 Å². The van der Waals surface area contributed by atoms with Crippen LogP contribution in [0.5, 0.6) is 0 Å². The van der Waals surface area contributed by atoms with Gasteiger partial charge in [-0.15, -0.1) is 0 Å². The molecule has 1 aliphatic rings. The van der Waals surface area contributed by atoms with Crippen LogP contribution in [0.1, 0.15) is 44.0 Å². The summed E-state index contributed by atoms with van der Waals surface area (Å²) in [6.07, 6.45) is 2.69. The van der Waals surface area contributed by atoms with Crippen molar-refractivity contribution >= 4 is 17.4 Å². The molecule has 0 spiro atoms. The van der Waals surface area contributed by atoms with Crippen LogP contribution >= 0.6 is 11.6 Å². The van der Waals surface area contributed by atoms with Crippen molar-refractivity contribution in [2.24, 2.45) is 5.92 Å². The van der Waals surface area contributed by atoms with Gasteiger partial charge in [0.1, 0.15) is 16.8 Å². The van der Waals surface area contributed by atoms with E-state index in [4.69, 9.17) is 11.6 Å². The third-order valence-corrected chi connectivity index (χ3v) is 3.55. The zero-order valence-electron chi connectivity index (χ0n) is 11.0. The highest BCUT2D eigenvalue weighted by atomic mass is 35.5. The van der Waals surface area contributed by atoms with Crippen molar-refractivity contribution in [2.75, 3.05) is 18.5 Å². The van der Waals surface area contributed by atoms with Crippen molar-refractivity contribution in [2.45, 2.75) is 39.5 Å². The summed E-state index contributed by atoms with van der Waals surface area (Å²) in [6, 6.07) is 0. The maximum atomic E-state index is 6.18. The van der Waals surface area contributed by atoms with Crippen molar-refractivity contribution in [1.29, 1.82) is 0 Å². The van der Waals surface area contributed by atoms with Gasteiger partial charge in [-0.3, -0.25) is 0 Å². The Kier molecular flexibility index (Phi) is 3.57. The number of anilines is 1. The van der Waals surface area contributed by atoms with Crippen molar-refractivity contribution < 1.29 is 0 Å².